The zero-order chi connectivity index (χ0) is 23.8. The van der Waals surface area contributed by atoms with Crippen molar-refractivity contribution in [2.24, 2.45) is 5.73 Å². The van der Waals surface area contributed by atoms with Crippen LogP contribution in [-0.4, -0.2) is 29.0 Å². The van der Waals surface area contributed by atoms with Gasteiger partial charge in [-0.1, -0.05) is 48.5 Å². The Morgan fingerprint density at radius 2 is 1.59 bits per heavy atom. The van der Waals surface area contributed by atoms with Crippen molar-refractivity contribution < 1.29 is 14.3 Å². The summed E-state index contributed by atoms with van der Waals surface area (Å²) in [6, 6.07) is 24.3. The van der Waals surface area contributed by atoms with Gasteiger partial charge in [-0.2, -0.15) is 0 Å². The van der Waals surface area contributed by atoms with Crippen LogP contribution in [0.5, 0.6) is 11.5 Å². The number of amides is 1. The van der Waals surface area contributed by atoms with Crippen molar-refractivity contribution in [2.75, 3.05) is 24.2 Å². The molecule has 0 aliphatic heterocycles. The normalized spacial score (nSPS) is 10.6. The minimum atomic E-state index is -0.474. The van der Waals surface area contributed by atoms with Crippen molar-refractivity contribution in [1.29, 1.82) is 0 Å². The minimum absolute atomic E-state index is 0.280. The van der Waals surface area contributed by atoms with Crippen molar-refractivity contribution in [2.45, 2.75) is 6.61 Å². The van der Waals surface area contributed by atoms with E-state index in [2.05, 4.69) is 15.3 Å². The standard InChI is InChI=1S/C26H25N5O3/c27-24-23(18-10-12-21(13-11-18)34-20-7-2-1-3-8-20)26(31-17-30-24)29-14-15-33-16-19-6-4-5-9-22(19)25(28)32/h1-13,17H,14-16H2,(H2,28,32)(H3,27,29,30,31). The van der Waals surface area contributed by atoms with Crippen LogP contribution in [-0.2, 0) is 11.3 Å². The number of benzene rings is 3. The van der Waals surface area contributed by atoms with E-state index in [-0.39, 0.29) is 6.61 Å². The molecule has 8 nitrogen and oxygen atoms in total. The molecule has 1 heterocycles. The second kappa shape index (κ2) is 10.9. The number of rotatable bonds is 10. The summed E-state index contributed by atoms with van der Waals surface area (Å²) in [5.41, 5.74) is 14.4. The molecule has 0 unspecified atom stereocenters. The highest BCUT2D eigenvalue weighted by atomic mass is 16.5. The highest BCUT2D eigenvalue weighted by Crippen LogP contribution is 2.32. The Morgan fingerprint density at radius 3 is 2.35 bits per heavy atom. The second-order valence-electron chi connectivity index (χ2n) is 7.42. The maximum atomic E-state index is 11.5. The van der Waals surface area contributed by atoms with E-state index in [0.29, 0.717) is 41.7 Å². The Morgan fingerprint density at radius 1 is 0.882 bits per heavy atom. The van der Waals surface area contributed by atoms with Gasteiger partial charge in [-0.3, -0.25) is 4.79 Å². The van der Waals surface area contributed by atoms with Gasteiger partial charge in [0, 0.05) is 12.1 Å². The van der Waals surface area contributed by atoms with E-state index < -0.39 is 5.91 Å². The number of hydrogen-bond donors (Lipinski definition) is 3. The number of hydrogen-bond acceptors (Lipinski definition) is 7. The molecule has 4 aromatic rings. The molecule has 3 aromatic carbocycles. The molecule has 0 saturated heterocycles. The Bertz CT molecular complexity index is 1250. The summed E-state index contributed by atoms with van der Waals surface area (Å²) in [6.45, 7) is 1.15. The summed E-state index contributed by atoms with van der Waals surface area (Å²) >= 11 is 0. The molecule has 0 fully saturated rings. The minimum Gasteiger partial charge on any atom is -0.457 e. The first-order valence-electron chi connectivity index (χ1n) is 10.7. The first-order valence-corrected chi connectivity index (χ1v) is 10.7. The van der Waals surface area contributed by atoms with E-state index in [9.17, 15) is 4.79 Å². The van der Waals surface area contributed by atoms with Crippen LogP contribution in [0.4, 0.5) is 11.6 Å². The molecular weight excluding hydrogens is 430 g/mol. The van der Waals surface area contributed by atoms with E-state index >= 15 is 0 Å². The number of aromatic nitrogens is 2. The van der Waals surface area contributed by atoms with Crippen molar-refractivity contribution in [3.8, 4) is 22.6 Å². The summed E-state index contributed by atoms with van der Waals surface area (Å²) in [6.07, 6.45) is 1.41. The predicted octanol–water partition coefficient (Wildman–Crippen LogP) is 4.25. The fraction of sp³-hybridized carbons (Fsp3) is 0.115. The number of anilines is 2. The smallest absolute Gasteiger partial charge is 0.249 e. The fourth-order valence-electron chi connectivity index (χ4n) is 3.44. The lowest BCUT2D eigenvalue weighted by atomic mass is 10.1. The molecule has 8 heteroatoms. The van der Waals surface area contributed by atoms with Gasteiger partial charge in [-0.05, 0) is 41.5 Å². The lowest BCUT2D eigenvalue weighted by molar-refractivity contribution is 0.0988. The lowest BCUT2D eigenvalue weighted by Crippen LogP contribution is -2.15. The van der Waals surface area contributed by atoms with E-state index in [1.54, 1.807) is 12.1 Å². The van der Waals surface area contributed by atoms with Gasteiger partial charge in [-0.25, -0.2) is 9.97 Å². The van der Waals surface area contributed by atoms with Crippen LogP contribution in [0, 0.1) is 0 Å². The summed E-state index contributed by atoms with van der Waals surface area (Å²) in [7, 11) is 0. The lowest BCUT2D eigenvalue weighted by Gasteiger charge is -2.14. The summed E-state index contributed by atoms with van der Waals surface area (Å²) in [5, 5.41) is 3.25. The third-order valence-electron chi connectivity index (χ3n) is 5.08. The van der Waals surface area contributed by atoms with E-state index in [1.165, 1.54) is 6.33 Å². The van der Waals surface area contributed by atoms with Crippen LogP contribution in [0.1, 0.15) is 15.9 Å². The van der Waals surface area contributed by atoms with Crippen molar-refractivity contribution in [3.63, 3.8) is 0 Å². The molecule has 34 heavy (non-hydrogen) atoms. The van der Waals surface area contributed by atoms with Gasteiger partial charge in [0.15, 0.2) is 0 Å². The summed E-state index contributed by atoms with van der Waals surface area (Å²) in [4.78, 5) is 20.0. The van der Waals surface area contributed by atoms with Crippen LogP contribution < -0.4 is 21.5 Å². The summed E-state index contributed by atoms with van der Waals surface area (Å²) in [5.74, 6) is 1.97. The molecule has 0 aliphatic rings. The van der Waals surface area contributed by atoms with Crippen LogP contribution in [0.15, 0.2) is 85.2 Å². The number of nitrogens with one attached hydrogen (secondary N) is 1. The van der Waals surface area contributed by atoms with E-state index in [0.717, 1.165) is 16.9 Å². The third kappa shape index (κ3) is 5.67. The second-order valence-corrected chi connectivity index (χ2v) is 7.42. The van der Waals surface area contributed by atoms with E-state index in [1.807, 2.05) is 66.7 Å². The van der Waals surface area contributed by atoms with Gasteiger partial charge in [0.2, 0.25) is 5.91 Å². The molecule has 1 aromatic heterocycles. The maximum Gasteiger partial charge on any atom is 0.249 e. The number of carbonyl (C=O) groups excluding carboxylic acids is 1. The van der Waals surface area contributed by atoms with Crippen molar-refractivity contribution in [1.82, 2.24) is 9.97 Å². The topological polar surface area (TPSA) is 125 Å². The van der Waals surface area contributed by atoms with Crippen molar-refractivity contribution >= 4 is 17.5 Å². The number of nitrogen functional groups attached to an aromatic ring is 1. The zero-order valence-electron chi connectivity index (χ0n) is 18.5. The van der Waals surface area contributed by atoms with Gasteiger partial charge in [0.25, 0.3) is 0 Å². The molecule has 1 amide bonds. The number of carbonyl (C=O) groups is 1. The molecule has 0 aliphatic carbocycles. The average molecular weight is 456 g/mol. The average Bonchev–Trinajstić information content (AvgIpc) is 2.85. The summed E-state index contributed by atoms with van der Waals surface area (Å²) < 4.78 is 11.6. The molecule has 5 N–H and O–H groups in total. The maximum absolute atomic E-state index is 11.5. The molecule has 0 saturated carbocycles. The monoisotopic (exact) mass is 455 g/mol. The number of primary amides is 1. The Balaban J connectivity index is 1.38. The predicted molar refractivity (Wildman–Crippen MR) is 132 cm³/mol. The fourth-order valence-corrected chi connectivity index (χ4v) is 3.44. The SMILES string of the molecule is NC(=O)c1ccccc1COCCNc1ncnc(N)c1-c1ccc(Oc2ccccc2)cc1. The Kier molecular flexibility index (Phi) is 7.32. The molecule has 0 atom stereocenters. The molecule has 172 valence electrons. The number of ether oxygens (including phenoxy) is 2. The molecule has 0 spiro atoms. The molecular formula is C26H25N5O3. The Labute approximate surface area is 197 Å². The van der Waals surface area contributed by atoms with Crippen molar-refractivity contribution in [3.05, 3.63) is 96.3 Å². The molecule has 4 rings (SSSR count). The largest absolute Gasteiger partial charge is 0.457 e. The zero-order valence-corrected chi connectivity index (χ0v) is 18.5. The van der Waals surface area contributed by atoms with Gasteiger partial charge in [-0.15, -0.1) is 0 Å². The van der Waals surface area contributed by atoms with Crippen LogP contribution in [0.25, 0.3) is 11.1 Å². The van der Waals surface area contributed by atoms with Crippen LogP contribution >= 0.6 is 0 Å². The third-order valence-corrected chi connectivity index (χ3v) is 5.08. The van der Waals surface area contributed by atoms with Gasteiger partial charge in [0.05, 0.1) is 18.8 Å². The van der Waals surface area contributed by atoms with Gasteiger partial charge >= 0.3 is 0 Å². The van der Waals surface area contributed by atoms with Crippen LogP contribution in [0.3, 0.4) is 0 Å². The quantitative estimate of drug-likeness (QED) is 0.305. The number of para-hydroxylation sites is 1. The first kappa shape index (κ1) is 22.8. The molecule has 0 radical (unpaired) electrons. The van der Waals surface area contributed by atoms with E-state index in [4.69, 9.17) is 20.9 Å². The van der Waals surface area contributed by atoms with Crippen LogP contribution in [0.2, 0.25) is 0 Å². The van der Waals surface area contributed by atoms with Gasteiger partial charge in [0.1, 0.15) is 29.5 Å². The highest BCUT2D eigenvalue weighted by Gasteiger charge is 2.12. The Hall–Kier alpha value is -4.43. The highest BCUT2D eigenvalue weighted by molar-refractivity contribution is 5.94. The number of nitrogens with two attached hydrogens (primary N) is 2. The molecule has 0 bridgehead atoms. The van der Waals surface area contributed by atoms with Gasteiger partial charge < -0.3 is 26.3 Å². The number of nitrogens with zero attached hydrogens (tertiary/aromatic N) is 2. The first-order chi connectivity index (χ1) is 16.6.